The first-order valence-electron chi connectivity index (χ1n) is 8.11. The highest BCUT2D eigenvalue weighted by Gasteiger charge is 2.16. The van der Waals surface area contributed by atoms with Crippen LogP contribution < -0.4 is 4.74 Å². The summed E-state index contributed by atoms with van der Waals surface area (Å²) in [5, 5.41) is 8.12. The third kappa shape index (κ3) is 5.80. The molecule has 7 nitrogen and oxygen atoms in total. The Balaban J connectivity index is 0.000000237. The van der Waals surface area contributed by atoms with Crippen LogP contribution in [0.3, 0.4) is 0 Å². The van der Waals surface area contributed by atoms with Gasteiger partial charge in [-0.05, 0) is 87.6 Å². The summed E-state index contributed by atoms with van der Waals surface area (Å²) in [6.07, 6.45) is 0. The summed E-state index contributed by atoms with van der Waals surface area (Å²) in [6, 6.07) is 4.13. The van der Waals surface area contributed by atoms with Crippen molar-refractivity contribution in [3.63, 3.8) is 0 Å². The predicted octanol–water partition coefficient (Wildman–Crippen LogP) is 6.08. The van der Waals surface area contributed by atoms with Crippen molar-refractivity contribution in [2.75, 3.05) is 0 Å². The normalized spacial score (nSPS) is 11.0. The van der Waals surface area contributed by atoms with Crippen molar-refractivity contribution in [1.29, 1.82) is 0 Å². The van der Waals surface area contributed by atoms with Crippen LogP contribution in [-0.2, 0) is 0 Å². The maximum Gasteiger partial charge on any atom is 0.321 e. The van der Waals surface area contributed by atoms with Crippen LogP contribution in [0.5, 0.6) is 11.8 Å². The third-order valence-electron chi connectivity index (χ3n) is 3.23. The van der Waals surface area contributed by atoms with E-state index in [4.69, 9.17) is 4.74 Å². The first-order chi connectivity index (χ1) is 13.1. The molecule has 3 aromatic rings. The molecule has 0 aliphatic rings. The zero-order valence-corrected chi connectivity index (χ0v) is 20.1. The van der Waals surface area contributed by atoms with Crippen molar-refractivity contribution < 1.29 is 13.5 Å². The molecule has 0 unspecified atom stereocenters. The second-order valence-electron chi connectivity index (χ2n) is 6.04. The molecule has 12 heteroatoms. The van der Waals surface area contributed by atoms with E-state index in [1.807, 2.05) is 27.7 Å². The van der Waals surface area contributed by atoms with E-state index in [0.29, 0.717) is 15.5 Å². The van der Waals surface area contributed by atoms with Crippen LogP contribution in [0, 0.1) is 11.6 Å². The summed E-state index contributed by atoms with van der Waals surface area (Å²) in [7, 11) is 0. The molecule has 0 aliphatic carbocycles. The van der Waals surface area contributed by atoms with Crippen LogP contribution in [0.15, 0.2) is 32.4 Å². The minimum Gasteiger partial charge on any atom is -0.421 e. The largest absolute Gasteiger partial charge is 0.421 e. The molecule has 28 heavy (non-hydrogen) atoms. The number of benzene rings is 1. The van der Waals surface area contributed by atoms with Gasteiger partial charge in [-0.15, -0.1) is 10.2 Å². The number of nitrogens with zero attached hydrogens (tertiary/aromatic N) is 6. The van der Waals surface area contributed by atoms with Crippen molar-refractivity contribution in [1.82, 2.24) is 29.5 Å². The molecule has 0 amide bonds. The van der Waals surface area contributed by atoms with Crippen LogP contribution in [0.1, 0.15) is 39.8 Å². The lowest BCUT2D eigenvalue weighted by Crippen LogP contribution is -2.06. The van der Waals surface area contributed by atoms with Gasteiger partial charge in [0.05, 0.1) is 6.04 Å². The fourth-order valence-electron chi connectivity index (χ4n) is 1.96. The van der Waals surface area contributed by atoms with E-state index in [-0.39, 0.29) is 17.8 Å². The van der Waals surface area contributed by atoms with Crippen molar-refractivity contribution in [3.8, 4) is 11.8 Å². The second-order valence-corrected chi connectivity index (χ2v) is 8.17. The minimum atomic E-state index is -1.05. The topological polar surface area (TPSA) is 70.7 Å². The molecule has 0 bridgehead atoms. The Bertz CT molecular complexity index is 945. The average molecular weight is 587 g/mol. The molecule has 2 heterocycles. The van der Waals surface area contributed by atoms with Gasteiger partial charge in [-0.1, -0.05) is 6.07 Å². The Hall–Kier alpha value is -1.40. The lowest BCUT2D eigenvalue weighted by Gasteiger charge is -2.10. The molecule has 0 spiro atoms. The first-order valence-corrected chi connectivity index (χ1v) is 10.5. The summed E-state index contributed by atoms with van der Waals surface area (Å²) >= 11 is 9.56. The Morgan fingerprint density at radius 2 is 1.46 bits per heavy atom. The molecule has 0 N–H and O–H groups in total. The molecular formula is C16H17Br3F2N6O. The lowest BCUT2D eigenvalue weighted by atomic mass is 10.3. The fourth-order valence-corrected chi connectivity index (χ4v) is 3.52. The van der Waals surface area contributed by atoms with Gasteiger partial charge in [-0.3, -0.25) is 0 Å². The van der Waals surface area contributed by atoms with Crippen LogP contribution in [0.25, 0.3) is 0 Å². The average Bonchev–Trinajstić information content (AvgIpc) is 3.14. The van der Waals surface area contributed by atoms with E-state index in [2.05, 4.69) is 68.0 Å². The summed E-state index contributed by atoms with van der Waals surface area (Å²) in [5.74, 6) is -2.24. The minimum absolute atomic E-state index is 0.0181. The van der Waals surface area contributed by atoms with E-state index < -0.39 is 11.6 Å². The van der Waals surface area contributed by atoms with E-state index >= 15 is 0 Å². The molecule has 3 rings (SSSR count). The number of halogens is 5. The van der Waals surface area contributed by atoms with Crippen LogP contribution in [0.4, 0.5) is 8.78 Å². The van der Waals surface area contributed by atoms with Crippen LogP contribution >= 0.6 is 47.8 Å². The van der Waals surface area contributed by atoms with Crippen molar-refractivity contribution in [3.05, 3.63) is 44.0 Å². The van der Waals surface area contributed by atoms with Gasteiger partial charge in [0.1, 0.15) is 0 Å². The van der Waals surface area contributed by atoms with Gasteiger partial charge in [0.2, 0.25) is 15.3 Å². The zero-order chi connectivity index (χ0) is 21.0. The van der Waals surface area contributed by atoms with Gasteiger partial charge < -0.3 is 4.74 Å². The summed E-state index contributed by atoms with van der Waals surface area (Å²) in [6.45, 7) is 7.84. The van der Waals surface area contributed by atoms with Gasteiger partial charge in [-0.25, -0.2) is 13.8 Å². The van der Waals surface area contributed by atoms with E-state index in [1.54, 1.807) is 4.68 Å². The maximum atomic E-state index is 13.5. The van der Waals surface area contributed by atoms with Crippen LogP contribution in [-0.4, -0.2) is 29.5 Å². The quantitative estimate of drug-likeness (QED) is 0.371. The van der Waals surface area contributed by atoms with Crippen molar-refractivity contribution >= 4 is 47.8 Å². The maximum absolute atomic E-state index is 13.5. The predicted molar refractivity (Wildman–Crippen MR) is 110 cm³/mol. The first kappa shape index (κ1) is 22.9. The number of rotatable bonds is 4. The van der Waals surface area contributed by atoms with Crippen molar-refractivity contribution in [2.45, 2.75) is 39.8 Å². The number of aromatic nitrogens is 6. The molecule has 0 aliphatic heterocycles. The Kier molecular flexibility index (Phi) is 8.07. The zero-order valence-electron chi connectivity index (χ0n) is 15.4. The monoisotopic (exact) mass is 584 g/mol. The molecule has 152 valence electrons. The molecular weight excluding hydrogens is 570 g/mol. The fraction of sp³-hybridized carbons (Fsp3) is 0.375. The molecule has 0 atom stereocenters. The lowest BCUT2D eigenvalue weighted by molar-refractivity contribution is 0.352. The van der Waals surface area contributed by atoms with E-state index in [0.717, 1.165) is 10.8 Å². The third-order valence-corrected chi connectivity index (χ3v) is 4.45. The highest BCUT2D eigenvalue weighted by Crippen LogP contribution is 2.27. The smallest absolute Gasteiger partial charge is 0.321 e. The van der Waals surface area contributed by atoms with Crippen LogP contribution in [0.2, 0.25) is 0 Å². The van der Waals surface area contributed by atoms with Gasteiger partial charge in [0, 0.05) is 6.04 Å². The number of ether oxygens (including phenoxy) is 1. The van der Waals surface area contributed by atoms with Gasteiger partial charge in [0.25, 0.3) is 0 Å². The highest BCUT2D eigenvalue weighted by molar-refractivity contribution is 9.11. The van der Waals surface area contributed by atoms with E-state index in [9.17, 15) is 8.78 Å². The molecule has 0 saturated heterocycles. The SMILES string of the molecule is CC(C)n1nc(Br)nc1Br.CC(C)n1nc(Br)nc1Oc1cccc(F)c1F. The molecule has 2 aromatic heterocycles. The van der Waals surface area contributed by atoms with Crippen molar-refractivity contribution in [2.24, 2.45) is 0 Å². The molecule has 1 aromatic carbocycles. The molecule has 0 fully saturated rings. The Morgan fingerprint density at radius 1 is 0.893 bits per heavy atom. The number of hydrogen-bond acceptors (Lipinski definition) is 5. The summed E-state index contributed by atoms with van der Waals surface area (Å²) < 4.78 is 36.7. The molecule has 0 radical (unpaired) electrons. The number of hydrogen-bond donors (Lipinski definition) is 0. The van der Waals surface area contributed by atoms with E-state index in [1.165, 1.54) is 16.8 Å². The Labute approximate surface area is 185 Å². The summed E-state index contributed by atoms with van der Waals surface area (Å²) in [4.78, 5) is 7.97. The second kappa shape index (κ2) is 9.88. The highest BCUT2D eigenvalue weighted by atomic mass is 79.9. The van der Waals surface area contributed by atoms with Gasteiger partial charge in [0.15, 0.2) is 16.3 Å². The summed E-state index contributed by atoms with van der Waals surface area (Å²) in [5.41, 5.74) is 0. The standard InChI is InChI=1S/C11H10BrF2N3O.C5H7Br2N3/c1-6(2)17-11(15-10(12)16-17)18-8-5-3-4-7(13)9(8)14;1-3(2)10-5(7)8-4(6)9-10/h3-6H,1-2H3;3H,1-2H3. The van der Waals surface area contributed by atoms with Gasteiger partial charge in [-0.2, -0.15) is 14.4 Å². The molecule has 0 saturated carbocycles. The van der Waals surface area contributed by atoms with Gasteiger partial charge >= 0.3 is 6.01 Å². The Morgan fingerprint density at radius 3 is 1.96 bits per heavy atom.